The molecule has 32 heavy (non-hydrogen) atoms. The molecule has 0 unspecified atom stereocenters. The molecule has 6 nitrogen and oxygen atoms in total. The van der Waals surface area contributed by atoms with Gasteiger partial charge in [0.15, 0.2) is 5.11 Å². The third-order valence-corrected chi connectivity index (χ3v) is 4.83. The van der Waals surface area contributed by atoms with Crippen LogP contribution in [0.3, 0.4) is 0 Å². The zero-order valence-electron chi connectivity index (χ0n) is 17.7. The van der Waals surface area contributed by atoms with Gasteiger partial charge in [0.1, 0.15) is 5.75 Å². The van der Waals surface area contributed by atoms with E-state index < -0.39 is 11.8 Å². The van der Waals surface area contributed by atoms with Crippen molar-refractivity contribution in [1.29, 1.82) is 0 Å². The van der Waals surface area contributed by atoms with Gasteiger partial charge in [-0.2, -0.15) is 0 Å². The maximum atomic E-state index is 13.0. The van der Waals surface area contributed by atoms with E-state index in [0.29, 0.717) is 17.9 Å². The normalized spacial score (nSPS) is 10.3. The van der Waals surface area contributed by atoms with Gasteiger partial charge in [0.2, 0.25) is 5.91 Å². The Hall–Kier alpha value is -3.71. The summed E-state index contributed by atoms with van der Waals surface area (Å²) in [6.07, 6.45) is 0.872. The lowest BCUT2D eigenvalue weighted by Crippen LogP contribution is -2.49. The van der Waals surface area contributed by atoms with Crippen molar-refractivity contribution in [2.75, 3.05) is 6.61 Å². The maximum absolute atomic E-state index is 13.0. The Balaban J connectivity index is 1.62. The molecule has 0 aromatic heterocycles. The second-order valence-corrected chi connectivity index (χ2v) is 7.44. The van der Waals surface area contributed by atoms with Crippen molar-refractivity contribution in [2.45, 2.75) is 19.3 Å². The molecule has 7 heteroatoms. The second kappa shape index (κ2) is 11.6. The fraction of sp³-hybridized carbons (Fsp3) is 0.160. The summed E-state index contributed by atoms with van der Waals surface area (Å²) in [6, 6.07) is 25.7. The van der Waals surface area contributed by atoms with Crippen molar-refractivity contribution in [2.24, 2.45) is 0 Å². The molecule has 0 aliphatic heterocycles. The summed E-state index contributed by atoms with van der Waals surface area (Å²) in [6.45, 7) is 2.58. The average molecular weight is 448 g/mol. The summed E-state index contributed by atoms with van der Waals surface area (Å²) in [5.74, 6) is -0.619. The van der Waals surface area contributed by atoms with E-state index in [0.717, 1.165) is 17.5 Å². The minimum atomic E-state index is -0.532. The van der Waals surface area contributed by atoms with Crippen LogP contribution in [0, 0.1) is 0 Å². The monoisotopic (exact) mass is 447 g/mol. The Kier molecular flexibility index (Phi) is 8.34. The van der Waals surface area contributed by atoms with Crippen LogP contribution in [-0.4, -0.2) is 23.5 Å². The predicted octanol–water partition coefficient (Wildman–Crippen LogP) is 3.94. The Labute approximate surface area is 193 Å². The molecule has 3 aromatic carbocycles. The Morgan fingerprint density at radius 2 is 1.50 bits per heavy atom. The largest absolute Gasteiger partial charge is 0.494 e. The van der Waals surface area contributed by atoms with E-state index in [1.165, 1.54) is 0 Å². The molecule has 3 aromatic rings. The SMILES string of the molecule is CCCOc1cccc(C(=O)NC(=S)NNC(=O)C(c2ccccc2)c2ccccc2)c1. The molecule has 2 amide bonds. The Bertz CT molecular complexity index is 1020. The van der Waals surface area contributed by atoms with E-state index in [9.17, 15) is 9.59 Å². The molecule has 0 atom stereocenters. The molecule has 3 rings (SSSR count). The van der Waals surface area contributed by atoms with Crippen LogP contribution in [0.5, 0.6) is 5.75 Å². The van der Waals surface area contributed by atoms with Gasteiger partial charge in [0, 0.05) is 5.56 Å². The molecular weight excluding hydrogens is 422 g/mol. The van der Waals surface area contributed by atoms with Crippen LogP contribution in [-0.2, 0) is 4.79 Å². The Morgan fingerprint density at radius 3 is 2.09 bits per heavy atom. The smallest absolute Gasteiger partial charge is 0.257 e. The lowest BCUT2D eigenvalue weighted by molar-refractivity contribution is -0.122. The molecule has 0 radical (unpaired) electrons. The highest BCUT2D eigenvalue weighted by Crippen LogP contribution is 2.24. The van der Waals surface area contributed by atoms with Crippen LogP contribution in [0.25, 0.3) is 0 Å². The highest BCUT2D eigenvalue weighted by molar-refractivity contribution is 7.80. The quantitative estimate of drug-likeness (QED) is 0.378. The first kappa shape index (κ1) is 23.0. The molecule has 0 bridgehead atoms. The number of hydrogen-bond acceptors (Lipinski definition) is 4. The van der Waals surface area contributed by atoms with Crippen LogP contribution in [0.1, 0.15) is 40.7 Å². The predicted molar refractivity (Wildman–Crippen MR) is 128 cm³/mol. The first-order chi connectivity index (χ1) is 15.6. The van der Waals surface area contributed by atoms with Crippen molar-refractivity contribution in [3.05, 3.63) is 102 Å². The van der Waals surface area contributed by atoms with Crippen LogP contribution < -0.4 is 20.9 Å². The lowest BCUT2D eigenvalue weighted by Gasteiger charge is -2.19. The van der Waals surface area contributed by atoms with Crippen molar-refractivity contribution < 1.29 is 14.3 Å². The summed E-state index contributed by atoms with van der Waals surface area (Å²) in [4.78, 5) is 25.5. The Morgan fingerprint density at radius 1 is 0.875 bits per heavy atom. The maximum Gasteiger partial charge on any atom is 0.257 e. The minimum Gasteiger partial charge on any atom is -0.494 e. The molecule has 0 spiro atoms. The van der Waals surface area contributed by atoms with Gasteiger partial charge in [-0.1, -0.05) is 73.7 Å². The van der Waals surface area contributed by atoms with Crippen molar-refractivity contribution in [3.63, 3.8) is 0 Å². The van der Waals surface area contributed by atoms with E-state index in [1.54, 1.807) is 24.3 Å². The van der Waals surface area contributed by atoms with Crippen LogP contribution in [0.2, 0.25) is 0 Å². The molecule has 0 saturated heterocycles. The average Bonchev–Trinajstić information content (AvgIpc) is 2.83. The summed E-state index contributed by atoms with van der Waals surface area (Å²) >= 11 is 5.18. The summed E-state index contributed by atoms with van der Waals surface area (Å²) in [5.41, 5.74) is 7.32. The highest BCUT2D eigenvalue weighted by atomic mass is 32.1. The van der Waals surface area contributed by atoms with Gasteiger partial charge < -0.3 is 4.74 Å². The first-order valence-corrected chi connectivity index (χ1v) is 10.7. The summed E-state index contributed by atoms with van der Waals surface area (Å²) < 4.78 is 5.55. The van der Waals surface area contributed by atoms with E-state index in [-0.39, 0.29) is 11.0 Å². The third kappa shape index (κ3) is 6.39. The number of carbonyl (C=O) groups is 2. The van der Waals surface area contributed by atoms with Gasteiger partial charge in [-0.05, 0) is 48.0 Å². The van der Waals surface area contributed by atoms with Gasteiger partial charge in [-0.3, -0.25) is 25.8 Å². The summed E-state index contributed by atoms with van der Waals surface area (Å²) in [5, 5.41) is 2.55. The standard InChI is InChI=1S/C25H25N3O3S/c1-2-16-31-21-15-9-14-20(17-21)23(29)26-25(32)28-27-24(30)22(18-10-5-3-6-11-18)19-12-7-4-8-13-19/h3-15,17,22H,2,16H2,1H3,(H,27,30)(H2,26,28,29,32). The van der Waals surface area contributed by atoms with E-state index in [1.807, 2.05) is 67.6 Å². The zero-order valence-corrected chi connectivity index (χ0v) is 18.5. The van der Waals surface area contributed by atoms with Gasteiger partial charge in [-0.25, -0.2) is 0 Å². The zero-order chi connectivity index (χ0) is 22.8. The van der Waals surface area contributed by atoms with Crippen molar-refractivity contribution >= 4 is 29.1 Å². The fourth-order valence-electron chi connectivity index (χ4n) is 3.13. The molecule has 164 valence electrons. The number of nitrogens with one attached hydrogen (secondary N) is 3. The minimum absolute atomic E-state index is 0.0110. The molecule has 3 N–H and O–H groups in total. The number of ether oxygens (including phenoxy) is 1. The highest BCUT2D eigenvalue weighted by Gasteiger charge is 2.22. The number of carbonyl (C=O) groups excluding carboxylic acids is 2. The van der Waals surface area contributed by atoms with Crippen molar-refractivity contribution in [1.82, 2.24) is 16.2 Å². The number of hydrogen-bond donors (Lipinski definition) is 3. The van der Waals surface area contributed by atoms with Crippen molar-refractivity contribution in [3.8, 4) is 5.75 Å². The number of amides is 2. The van der Waals surface area contributed by atoms with Crippen LogP contribution in [0.4, 0.5) is 0 Å². The van der Waals surface area contributed by atoms with Crippen LogP contribution in [0.15, 0.2) is 84.9 Å². The number of benzene rings is 3. The van der Waals surface area contributed by atoms with Gasteiger partial charge in [0.05, 0.1) is 12.5 Å². The number of rotatable bonds is 7. The molecule has 0 fully saturated rings. The first-order valence-electron chi connectivity index (χ1n) is 10.3. The lowest BCUT2D eigenvalue weighted by atomic mass is 9.91. The van der Waals surface area contributed by atoms with E-state index >= 15 is 0 Å². The second-order valence-electron chi connectivity index (χ2n) is 7.03. The number of hydrazine groups is 1. The van der Waals surface area contributed by atoms with E-state index in [2.05, 4.69) is 16.2 Å². The number of thiocarbonyl (C=S) groups is 1. The molecule has 0 aliphatic carbocycles. The molecule has 0 heterocycles. The molecule has 0 aliphatic rings. The summed E-state index contributed by atoms with van der Waals surface area (Å²) in [7, 11) is 0. The molecule has 0 saturated carbocycles. The van der Waals surface area contributed by atoms with E-state index in [4.69, 9.17) is 17.0 Å². The van der Waals surface area contributed by atoms with Gasteiger partial charge in [0.25, 0.3) is 5.91 Å². The fourth-order valence-corrected chi connectivity index (χ4v) is 3.27. The topological polar surface area (TPSA) is 79.5 Å². The molecular formula is C25H25N3O3S. The van der Waals surface area contributed by atoms with Gasteiger partial charge in [-0.15, -0.1) is 0 Å². The van der Waals surface area contributed by atoms with Crippen LogP contribution >= 0.6 is 12.2 Å². The van der Waals surface area contributed by atoms with Gasteiger partial charge >= 0.3 is 0 Å². The third-order valence-electron chi connectivity index (χ3n) is 4.62.